The number of ether oxygens (including phenoxy) is 1. The maximum Gasteiger partial charge on any atom is 0.239 e. The molecule has 1 unspecified atom stereocenters. The molecule has 196 valence electrons. The fraction of sp³-hybridized carbons (Fsp3) is 0.333. The van der Waals surface area contributed by atoms with Gasteiger partial charge in [-0.3, -0.25) is 19.4 Å². The summed E-state index contributed by atoms with van der Waals surface area (Å²) in [5.41, 5.74) is 2.31. The number of rotatable bonds is 4. The first-order chi connectivity index (χ1) is 17.9. The molecule has 0 bridgehead atoms. The molecule has 2 amide bonds. The van der Waals surface area contributed by atoms with Gasteiger partial charge in [0, 0.05) is 31.6 Å². The zero-order chi connectivity index (χ0) is 27.2. The van der Waals surface area contributed by atoms with Gasteiger partial charge in [0.05, 0.1) is 10.8 Å². The Kier molecular flexibility index (Phi) is 5.66. The van der Waals surface area contributed by atoms with Gasteiger partial charge in [-0.2, -0.15) is 0 Å². The summed E-state index contributed by atoms with van der Waals surface area (Å²) < 4.78 is 8.83. The average molecular weight is 639 g/mol. The van der Waals surface area contributed by atoms with E-state index in [2.05, 4.69) is 62.3 Å². The Balaban J connectivity index is 1.48. The molecule has 3 aliphatic rings. The molecule has 2 fully saturated rings. The van der Waals surface area contributed by atoms with Crippen LogP contribution in [-0.2, 0) is 19.9 Å². The maximum atomic E-state index is 13.8. The Morgan fingerprint density at radius 2 is 1.39 bits per heavy atom. The van der Waals surface area contributed by atoms with Gasteiger partial charge in [0.15, 0.2) is 12.5 Å². The van der Waals surface area contributed by atoms with Crippen molar-refractivity contribution < 1.29 is 14.3 Å². The number of hydrogen-bond acceptors (Lipinski definition) is 4. The van der Waals surface area contributed by atoms with Gasteiger partial charge in [-0.15, -0.1) is 0 Å². The molecule has 1 N–H and O–H groups in total. The SMILES string of the molecule is Cc1ccc2c(c1)C1([C@H](O[C@@H]3N(c4ccc(Br)cc4)C(=O)C3(C)C)N2)N(c2ccc(Br)cc2)C(=O)C1(C)C. The standard InChI is InChI=1S/C30H29Br2N3O3/c1-17-6-15-23-22(16-17)30(29(4,5)26(37)35(30)21-13-9-19(32)10-14-21)24(33-23)38-27-28(2,3)25(36)34(27)20-11-7-18(31)8-12-20/h6-16,24,27,33H,1-5H3/t24-,27-,30?/m0/s1. The molecule has 0 aromatic heterocycles. The summed E-state index contributed by atoms with van der Waals surface area (Å²) in [4.78, 5) is 30.7. The molecule has 0 aliphatic carbocycles. The predicted octanol–water partition coefficient (Wildman–Crippen LogP) is 6.96. The summed E-state index contributed by atoms with van der Waals surface area (Å²) in [5, 5.41) is 3.60. The van der Waals surface area contributed by atoms with E-state index in [9.17, 15) is 9.59 Å². The number of carbonyl (C=O) groups is 2. The molecular formula is C30H29Br2N3O3. The van der Waals surface area contributed by atoms with E-state index >= 15 is 0 Å². The summed E-state index contributed by atoms with van der Waals surface area (Å²) in [6, 6.07) is 21.7. The lowest BCUT2D eigenvalue weighted by Gasteiger charge is -2.64. The Hall–Kier alpha value is -2.68. The van der Waals surface area contributed by atoms with Crippen molar-refractivity contribution >= 4 is 60.7 Å². The van der Waals surface area contributed by atoms with Crippen LogP contribution >= 0.6 is 31.9 Å². The molecule has 6 rings (SSSR count). The van der Waals surface area contributed by atoms with E-state index in [4.69, 9.17) is 4.74 Å². The molecule has 3 aliphatic heterocycles. The summed E-state index contributed by atoms with van der Waals surface area (Å²) >= 11 is 6.99. The van der Waals surface area contributed by atoms with Crippen LogP contribution in [0.3, 0.4) is 0 Å². The Morgan fingerprint density at radius 1 is 0.816 bits per heavy atom. The Bertz CT molecular complexity index is 1470. The van der Waals surface area contributed by atoms with Crippen molar-refractivity contribution in [2.75, 3.05) is 15.1 Å². The molecule has 2 saturated heterocycles. The molecule has 8 heteroatoms. The monoisotopic (exact) mass is 637 g/mol. The maximum absolute atomic E-state index is 13.8. The van der Waals surface area contributed by atoms with Crippen molar-refractivity contribution in [3.05, 3.63) is 86.8 Å². The van der Waals surface area contributed by atoms with Crippen molar-refractivity contribution in [3.8, 4) is 0 Å². The normalized spacial score (nSPS) is 26.6. The third-order valence-corrected chi connectivity index (χ3v) is 9.43. The van der Waals surface area contributed by atoms with Gasteiger partial charge >= 0.3 is 0 Å². The Labute approximate surface area is 239 Å². The minimum absolute atomic E-state index is 0.000982. The number of halogens is 2. The van der Waals surface area contributed by atoms with E-state index in [1.165, 1.54) is 0 Å². The topological polar surface area (TPSA) is 61.9 Å². The molecule has 3 atom stereocenters. The zero-order valence-corrected chi connectivity index (χ0v) is 25.1. The molecule has 0 radical (unpaired) electrons. The first kappa shape index (κ1) is 25.6. The minimum Gasteiger partial charge on any atom is -0.358 e. The van der Waals surface area contributed by atoms with Gasteiger partial charge in [0.2, 0.25) is 11.8 Å². The smallest absolute Gasteiger partial charge is 0.239 e. The molecule has 1 spiro atoms. The van der Waals surface area contributed by atoms with Crippen molar-refractivity contribution in [1.82, 2.24) is 0 Å². The molecule has 38 heavy (non-hydrogen) atoms. The minimum atomic E-state index is -0.820. The van der Waals surface area contributed by atoms with Crippen LogP contribution in [0.5, 0.6) is 0 Å². The molecular weight excluding hydrogens is 610 g/mol. The van der Waals surface area contributed by atoms with Gasteiger partial charge in [0.1, 0.15) is 5.54 Å². The fourth-order valence-electron chi connectivity index (χ4n) is 6.25. The third kappa shape index (κ3) is 3.26. The number of carbonyl (C=O) groups excluding carboxylic acids is 2. The lowest BCUT2D eigenvalue weighted by atomic mass is 9.58. The third-order valence-electron chi connectivity index (χ3n) is 8.37. The van der Waals surface area contributed by atoms with Crippen LogP contribution in [0.2, 0.25) is 0 Å². The number of benzene rings is 3. The predicted molar refractivity (Wildman–Crippen MR) is 156 cm³/mol. The molecule has 3 aromatic rings. The van der Waals surface area contributed by atoms with Crippen LogP contribution in [0.4, 0.5) is 17.1 Å². The number of amides is 2. The molecule has 3 heterocycles. The highest BCUT2D eigenvalue weighted by atomic mass is 79.9. The highest BCUT2D eigenvalue weighted by molar-refractivity contribution is 9.10. The number of aryl methyl sites for hydroxylation is 1. The highest BCUT2D eigenvalue weighted by Gasteiger charge is 2.75. The van der Waals surface area contributed by atoms with Crippen LogP contribution in [0.1, 0.15) is 38.8 Å². The largest absolute Gasteiger partial charge is 0.358 e. The summed E-state index contributed by atoms with van der Waals surface area (Å²) in [7, 11) is 0. The molecule has 3 aromatic carbocycles. The quantitative estimate of drug-likeness (QED) is 0.314. The number of nitrogens with zero attached hydrogens (tertiary/aromatic N) is 2. The lowest BCUT2D eigenvalue weighted by Crippen LogP contribution is -2.79. The van der Waals surface area contributed by atoms with Crippen LogP contribution in [0, 0.1) is 17.8 Å². The van der Waals surface area contributed by atoms with Gasteiger partial charge in [-0.05, 0) is 89.2 Å². The second-order valence-electron chi connectivity index (χ2n) is 11.4. The van der Waals surface area contributed by atoms with E-state index in [1.54, 1.807) is 4.90 Å². The van der Waals surface area contributed by atoms with Gasteiger partial charge < -0.3 is 10.1 Å². The zero-order valence-electron chi connectivity index (χ0n) is 21.9. The second-order valence-corrected chi connectivity index (χ2v) is 13.3. The number of anilines is 3. The second kappa shape index (κ2) is 8.41. The molecule has 0 saturated carbocycles. The average Bonchev–Trinajstić information content (AvgIpc) is 3.21. The summed E-state index contributed by atoms with van der Waals surface area (Å²) in [6.45, 7) is 9.87. The number of nitrogens with one attached hydrogen (secondary N) is 1. The van der Waals surface area contributed by atoms with Crippen LogP contribution in [0.25, 0.3) is 0 Å². The summed E-state index contributed by atoms with van der Waals surface area (Å²) in [6.07, 6.45) is -1.12. The first-order valence-corrected chi connectivity index (χ1v) is 14.2. The number of fused-ring (bicyclic) bond motifs is 2. The van der Waals surface area contributed by atoms with Crippen molar-refractivity contribution in [1.29, 1.82) is 0 Å². The number of β-lactam (4-membered cyclic amide) rings is 2. The van der Waals surface area contributed by atoms with Crippen molar-refractivity contribution in [2.45, 2.75) is 52.6 Å². The van der Waals surface area contributed by atoms with E-state index < -0.39 is 28.8 Å². The highest BCUT2D eigenvalue weighted by Crippen LogP contribution is 2.64. The van der Waals surface area contributed by atoms with E-state index in [0.29, 0.717) is 0 Å². The van der Waals surface area contributed by atoms with Gasteiger partial charge in [-0.25, -0.2) is 0 Å². The fourth-order valence-corrected chi connectivity index (χ4v) is 6.78. The first-order valence-electron chi connectivity index (χ1n) is 12.6. The van der Waals surface area contributed by atoms with Gasteiger partial charge in [-0.1, -0.05) is 49.6 Å². The van der Waals surface area contributed by atoms with Crippen LogP contribution in [0.15, 0.2) is 75.7 Å². The van der Waals surface area contributed by atoms with Crippen molar-refractivity contribution in [2.24, 2.45) is 10.8 Å². The lowest BCUT2D eigenvalue weighted by molar-refractivity contribution is -0.183. The van der Waals surface area contributed by atoms with Gasteiger partial charge in [0.25, 0.3) is 0 Å². The van der Waals surface area contributed by atoms with Crippen LogP contribution < -0.4 is 15.1 Å². The van der Waals surface area contributed by atoms with E-state index in [-0.39, 0.29) is 11.8 Å². The van der Waals surface area contributed by atoms with Crippen molar-refractivity contribution in [3.63, 3.8) is 0 Å². The Morgan fingerprint density at radius 3 is 2.00 bits per heavy atom. The summed E-state index contributed by atoms with van der Waals surface area (Å²) in [5.74, 6) is 0.0252. The number of hydrogen-bond donors (Lipinski definition) is 1. The molecule has 6 nitrogen and oxygen atoms in total. The van der Waals surface area contributed by atoms with E-state index in [1.807, 2.05) is 81.1 Å². The van der Waals surface area contributed by atoms with E-state index in [0.717, 1.165) is 37.1 Å². The van der Waals surface area contributed by atoms with Crippen LogP contribution in [-0.4, -0.2) is 24.3 Å².